The Kier molecular flexibility index (Phi) is 2.26. The van der Waals surface area contributed by atoms with Gasteiger partial charge in [0.1, 0.15) is 11.5 Å². The topological polar surface area (TPSA) is 54.5 Å². The van der Waals surface area contributed by atoms with Crippen LogP contribution in [0.4, 0.5) is 4.39 Å². The van der Waals surface area contributed by atoms with Crippen molar-refractivity contribution in [1.82, 2.24) is 19.9 Å². The largest absolute Gasteiger partial charge is 0.346 e. The van der Waals surface area contributed by atoms with E-state index in [1.165, 1.54) is 12.3 Å². The first-order chi connectivity index (χ1) is 9.81. The number of hydrogen-bond acceptors (Lipinski definition) is 3. The number of aromatic amines is 1. The third-order valence-electron chi connectivity index (χ3n) is 3.28. The summed E-state index contributed by atoms with van der Waals surface area (Å²) in [6.07, 6.45) is 6.35. The number of aromatic nitrogens is 4. The molecule has 0 radical (unpaired) electrons. The predicted molar refractivity (Wildman–Crippen MR) is 74.6 cm³/mol. The number of nitrogens with one attached hydrogen (secondary N) is 1. The number of hydrogen-bond donors (Lipinski definition) is 1. The Morgan fingerprint density at radius 3 is 2.70 bits per heavy atom. The quantitative estimate of drug-likeness (QED) is 0.574. The average Bonchev–Trinajstić information content (AvgIpc) is 2.89. The van der Waals surface area contributed by atoms with Crippen molar-refractivity contribution in [1.29, 1.82) is 0 Å². The van der Waals surface area contributed by atoms with Crippen molar-refractivity contribution in [2.45, 2.75) is 0 Å². The van der Waals surface area contributed by atoms with Gasteiger partial charge in [0.15, 0.2) is 0 Å². The Hall–Kier alpha value is -2.82. The van der Waals surface area contributed by atoms with Crippen LogP contribution in [0.3, 0.4) is 0 Å². The van der Waals surface area contributed by atoms with Crippen LogP contribution in [-0.2, 0) is 0 Å². The Bertz CT molecular complexity index is 929. The molecule has 20 heavy (non-hydrogen) atoms. The van der Waals surface area contributed by atoms with Crippen LogP contribution in [0.15, 0.2) is 49.1 Å². The highest BCUT2D eigenvalue weighted by atomic mass is 19.1. The number of benzene rings is 1. The van der Waals surface area contributed by atoms with Gasteiger partial charge < -0.3 is 4.98 Å². The fourth-order valence-electron chi connectivity index (χ4n) is 2.35. The number of H-pyrrole nitrogens is 1. The Morgan fingerprint density at radius 1 is 0.950 bits per heavy atom. The second kappa shape index (κ2) is 4.09. The molecule has 1 N–H and O–H groups in total. The minimum Gasteiger partial charge on any atom is -0.346 e. The molecule has 4 nitrogen and oxygen atoms in total. The van der Waals surface area contributed by atoms with Gasteiger partial charge in [0.25, 0.3) is 0 Å². The summed E-state index contributed by atoms with van der Waals surface area (Å²) in [6, 6.07) is 7.28. The summed E-state index contributed by atoms with van der Waals surface area (Å²) in [4.78, 5) is 15.6. The smallest absolute Gasteiger partial charge is 0.142 e. The van der Waals surface area contributed by atoms with Crippen LogP contribution in [0, 0.1) is 5.82 Å². The van der Waals surface area contributed by atoms with Crippen LogP contribution in [0.25, 0.3) is 33.2 Å². The van der Waals surface area contributed by atoms with E-state index >= 15 is 0 Å². The summed E-state index contributed by atoms with van der Waals surface area (Å²) in [6.45, 7) is 0. The Balaban J connectivity index is 1.98. The molecule has 0 bridgehead atoms. The van der Waals surface area contributed by atoms with E-state index in [1.54, 1.807) is 12.4 Å². The van der Waals surface area contributed by atoms with Crippen molar-refractivity contribution < 1.29 is 4.39 Å². The minimum absolute atomic E-state index is 0.348. The van der Waals surface area contributed by atoms with E-state index in [4.69, 9.17) is 0 Å². The number of rotatable bonds is 1. The van der Waals surface area contributed by atoms with Crippen LogP contribution in [0.1, 0.15) is 0 Å². The second-order valence-corrected chi connectivity index (χ2v) is 4.51. The molecule has 96 valence electrons. The Labute approximate surface area is 113 Å². The van der Waals surface area contributed by atoms with Gasteiger partial charge in [-0.25, -0.2) is 9.37 Å². The van der Waals surface area contributed by atoms with Gasteiger partial charge in [-0.1, -0.05) is 6.07 Å². The summed E-state index contributed by atoms with van der Waals surface area (Å²) < 4.78 is 13.4. The Morgan fingerprint density at radius 2 is 1.80 bits per heavy atom. The average molecular weight is 264 g/mol. The predicted octanol–water partition coefficient (Wildman–Crippen LogP) is 3.31. The second-order valence-electron chi connectivity index (χ2n) is 4.51. The van der Waals surface area contributed by atoms with Gasteiger partial charge in [-0.05, 0) is 23.8 Å². The minimum atomic E-state index is -0.348. The summed E-state index contributed by atoms with van der Waals surface area (Å²) in [5.74, 6) is -0.348. The zero-order chi connectivity index (χ0) is 13.5. The maximum Gasteiger partial charge on any atom is 0.142 e. The van der Waals surface area contributed by atoms with Gasteiger partial charge >= 0.3 is 0 Å². The van der Waals surface area contributed by atoms with Gasteiger partial charge in [0, 0.05) is 29.5 Å². The van der Waals surface area contributed by atoms with Crippen molar-refractivity contribution in [2.24, 2.45) is 0 Å². The van der Waals surface area contributed by atoms with Crippen LogP contribution >= 0.6 is 0 Å². The van der Waals surface area contributed by atoms with Crippen molar-refractivity contribution in [3.63, 3.8) is 0 Å². The first kappa shape index (κ1) is 11.0. The van der Waals surface area contributed by atoms with E-state index < -0.39 is 0 Å². The fourth-order valence-corrected chi connectivity index (χ4v) is 2.35. The third-order valence-corrected chi connectivity index (χ3v) is 3.28. The van der Waals surface area contributed by atoms with Crippen molar-refractivity contribution in [3.8, 4) is 11.1 Å². The highest BCUT2D eigenvalue weighted by Crippen LogP contribution is 2.29. The number of fused-ring (bicyclic) bond motifs is 2. The molecule has 4 rings (SSSR count). The molecule has 0 aliphatic heterocycles. The van der Waals surface area contributed by atoms with E-state index in [-0.39, 0.29) is 5.82 Å². The van der Waals surface area contributed by atoms with Gasteiger partial charge in [0.2, 0.25) is 0 Å². The monoisotopic (exact) mass is 264 g/mol. The third kappa shape index (κ3) is 1.64. The summed E-state index contributed by atoms with van der Waals surface area (Å²) >= 11 is 0. The van der Waals surface area contributed by atoms with Gasteiger partial charge in [0.05, 0.1) is 17.2 Å². The van der Waals surface area contributed by atoms with Crippen LogP contribution in [0.5, 0.6) is 0 Å². The summed E-state index contributed by atoms with van der Waals surface area (Å²) in [5.41, 5.74) is 4.17. The molecule has 1 aromatic carbocycles. The molecule has 4 aromatic rings. The maximum atomic E-state index is 13.4. The number of halogens is 1. The van der Waals surface area contributed by atoms with Crippen LogP contribution in [0.2, 0.25) is 0 Å². The normalized spacial score (nSPS) is 11.2. The number of nitrogens with zero attached hydrogens (tertiary/aromatic N) is 3. The lowest BCUT2D eigenvalue weighted by atomic mass is 10.1. The van der Waals surface area contributed by atoms with Crippen LogP contribution in [-0.4, -0.2) is 19.9 Å². The molecule has 0 unspecified atom stereocenters. The molecule has 0 aliphatic rings. The lowest BCUT2D eigenvalue weighted by Gasteiger charge is -2.01. The lowest BCUT2D eigenvalue weighted by molar-refractivity contribution is 0.624. The maximum absolute atomic E-state index is 13.4. The van der Waals surface area contributed by atoms with Crippen molar-refractivity contribution in [3.05, 3.63) is 54.9 Å². The SMILES string of the molecule is Fc1cnc2[nH]cc(-c3ccc4nccnc4c3)c2c1. The molecular weight excluding hydrogens is 255 g/mol. The molecule has 5 heteroatoms. The fraction of sp³-hybridized carbons (Fsp3) is 0. The summed E-state index contributed by atoms with van der Waals surface area (Å²) in [5, 5.41) is 0.758. The molecule has 0 saturated heterocycles. The van der Waals surface area contributed by atoms with Gasteiger partial charge in [-0.2, -0.15) is 0 Å². The molecule has 0 spiro atoms. The molecule has 0 amide bonds. The van der Waals surface area contributed by atoms with Gasteiger partial charge in [-0.3, -0.25) is 9.97 Å². The van der Waals surface area contributed by atoms with E-state index in [2.05, 4.69) is 19.9 Å². The van der Waals surface area contributed by atoms with E-state index in [0.717, 1.165) is 27.5 Å². The first-order valence-electron chi connectivity index (χ1n) is 6.15. The number of pyridine rings is 1. The summed E-state index contributed by atoms with van der Waals surface area (Å²) in [7, 11) is 0. The van der Waals surface area contributed by atoms with E-state index in [1.807, 2.05) is 24.4 Å². The highest BCUT2D eigenvalue weighted by molar-refractivity contribution is 5.95. The van der Waals surface area contributed by atoms with E-state index in [9.17, 15) is 4.39 Å². The molecule has 3 heterocycles. The zero-order valence-corrected chi connectivity index (χ0v) is 10.3. The standard InChI is InChI=1S/C15H9FN4/c16-10-6-11-12(8-20-15(11)19-7-10)9-1-2-13-14(5-9)18-4-3-17-13/h1-8H,(H,19,20). The van der Waals surface area contributed by atoms with E-state index in [0.29, 0.717) is 5.65 Å². The highest BCUT2D eigenvalue weighted by Gasteiger charge is 2.09. The molecule has 0 saturated carbocycles. The first-order valence-corrected chi connectivity index (χ1v) is 6.15. The zero-order valence-electron chi connectivity index (χ0n) is 10.3. The van der Waals surface area contributed by atoms with Gasteiger partial charge in [-0.15, -0.1) is 0 Å². The molecule has 0 aliphatic carbocycles. The van der Waals surface area contributed by atoms with Crippen molar-refractivity contribution >= 4 is 22.1 Å². The lowest BCUT2D eigenvalue weighted by Crippen LogP contribution is -1.84. The van der Waals surface area contributed by atoms with Crippen molar-refractivity contribution in [2.75, 3.05) is 0 Å². The van der Waals surface area contributed by atoms with Crippen LogP contribution < -0.4 is 0 Å². The molecule has 0 fully saturated rings. The molecular formula is C15H9FN4. The molecule has 3 aromatic heterocycles. The molecule has 0 atom stereocenters.